The van der Waals surface area contributed by atoms with Crippen LogP contribution in [0.3, 0.4) is 0 Å². The number of rotatable bonds is 4. The van der Waals surface area contributed by atoms with Gasteiger partial charge in [-0.2, -0.15) is 0 Å². The molecular formula is C18H16FN3O3. The van der Waals surface area contributed by atoms with E-state index in [9.17, 15) is 14.0 Å². The van der Waals surface area contributed by atoms with Gasteiger partial charge in [-0.3, -0.25) is 20.4 Å². The molecule has 1 heterocycles. The van der Waals surface area contributed by atoms with Crippen molar-refractivity contribution in [3.05, 3.63) is 65.6 Å². The first-order valence-electron chi connectivity index (χ1n) is 7.68. The third-order valence-electron chi connectivity index (χ3n) is 3.54. The standard InChI is InChI=1S/C18H16FN3O3/c1-2-25-14-6-3-11(4-7-14)17(23)21-22-18(24)16-10-12-9-13(19)5-8-15(12)20-16/h3-10,20H,2H2,1H3,(H,21,23)(H,22,24). The minimum absolute atomic E-state index is 0.215. The number of hydrogen-bond donors (Lipinski definition) is 3. The highest BCUT2D eigenvalue weighted by Gasteiger charge is 2.12. The molecule has 0 unspecified atom stereocenters. The minimum Gasteiger partial charge on any atom is -0.494 e. The number of ether oxygens (including phenoxy) is 1. The van der Waals surface area contributed by atoms with Crippen molar-refractivity contribution in [3.63, 3.8) is 0 Å². The molecule has 0 aliphatic rings. The van der Waals surface area contributed by atoms with Crippen LogP contribution in [0.5, 0.6) is 5.75 Å². The van der Waals surface area contributed by atoms with Crippen molar-refractivity contribution in [1.82, 2.24) is 15.8 Å². The third-order valence-corrected chi connectivity index (χ3v) is 3.54. The molecule has 0 saturated carbocycles. The van der Waals surface area contributed by atoms with Gasteiger partial charge in [0.05, 0.1) is 6.61 Å². The van der Waals surface area contributed by atoms with Crippen molar-refractivity contribution < 1.29 is 18.7 Å². The van der Waals surface area contributed by atoms with Crippen LogP contribution in [-0.4, -0.2) is 23.4 Å². The number of hydrogen-bond acceptors (Lipinski definition) is 3. The molecule has 2 aromatic carbocycles. The van der Waals surface area contributed by atoms with Crippen LogP contribution >= 0.6 is 0 Å². The largest absolute Gasteiger partial charge is 0.494 e. The van der Waals surface area contributed by atoms with E-state index in [1.807, 2.05) is 6.92 Å². The summed E-state index contributed by atoms with van der Waals surface area (Å²) in [6.45, 7) is 2.41. The molecule has 25 heavy (non-hydrogen) atoms. The first-order valence-corrected chi connectivity index (χ1v) is 7.68. The van der Waals surface area contributed by atoms with Gasteiger partial charge in [0, 0.05) is 16.5 Å². The molecule has 3 N–H and O–H groups in total. The number of H-pyrrole nitrogens is 1. The van der Waals surface area contributed by atoms with E-state index in [2.05, 4.69) is 15.8 Å². The van der Waals surface area contributed by atoms with Crippen molar-refractivity contribution in [2.24, 2.45) is 0 Å². The quantitative estimate of drug-likeness (QED) is 0.638. The molecule has 6 nitrogen and oxygen atoms in total. The average Bonchev–Trinajstić information content (AvgIpc) is 3.03. The third kappa shape index (κ3) is 3.77. The monoisotopic (exact) mass is 341 g/mol. The number of benzene rings is 2. The van der Waals surface area contributed by atoms with E-state index in [0.29, 0.717) is 28.8 Å². The molecule has 0 radical (unpaired) electrons. The topological polar surface area (TPSA) is 83.2 Å². The highest BCUT2D eigenvalue weighted by atomic mass is 19.1. The van der Waals surface area contributed by atoms with E-state index in [-0.39, 0.29) is 11.5 Å². The van der Waals surface area contributed by atoms with Gasteiger partial charge in [-0.05, 0) is 55.5 Å². The minimum atomic E-state index is -0.532. The Morgan fingerprint density at radius 2 is 1.76 bits per heavy atom. The lowest BCUT2D eigenvalue weighted by molar-refractivity contribution is 0.0844. The zero-order valence-corrected chi connectivity index (χ0v) is 13.4. The van der Waals surface area contributed by atoms with Gasteiger partial charge in [0.2, 0.25) is 0 Å². The van der Waals surface area contributed by atoms with Crippen LogP contribution in [0.2, 0.25) is 0 Å². The Balaban J connectivity index is 1.63. The van der Waals surface area contributed by atoms with Gasteiger partial charge in [0.15, 0.2) is 0 Å². The van der Waals surface area contributed by atoms with Crippen LogP contribution in [0.4, 0.5) is 4.39 Å². The zero-order chi connectivity index (χ0) is 17.8. The molecule has 3 rings (SSSR count). The van der Waals surface area contributed by atoms with Gasteiger partial charge in [-0.15, -0.1) is 0 Å². The summed E-state index contributed by atoms with van der Waals surface area (Å²) < 4.78 is 18.5. The highest BCUT2D eigenvalue weighted by Crippen LogP contribution is 2.16. The maximum atomic E-state index is 13.2. The first kappa shape index (κ1) is 16.5. The van der Waals surface area contributed by atoms with E-state index in [1.165, 1.54) is 18.2 Å². The first-order chi connectivity index (χ1) is 12.1. The van der Waals surface area contributed by atoms with Crippen molar-refractivity contribution in [1.29, 1.82) is 0 Å². The van der Waals surface area contributed by atoms with Gasteiger partial charge in [0.1, 0.15) is 17.3 Å². The van der Waals surface area contributed by atoms with Crippen LogP contribution in [0.1, 0.15) is 27.8 Å². The summed E-state index contributed by atoms with van der Waals surface area (Å²) in [5.41, 5.74) is 5.87. The van der Waals surface area contributed by atoms with E-state index < -0.39 is 11.8 Å². The Hall–Kier alpha value is -3.35. The normalized spacial score (nSPS) is 10.5. The van der Waals surface area contributed by atoms with E-state index in [4.69, 9.17) is 4.74 Å². The molecule has 0 spiro atoms. The smallest absolute Gasteiger partial charge is 0.286 e. The number of aromatic nitrogens is 1. The lowest BCUT2D eigenvalue weighted by Gasteiger charge is -2.07. The molecule has 0 bridgehead atoms. The zero-order valence-electron chi connectivity index (χ0n) is 13.4. The average molecular weight is 341 g/mol. The van der Waals surface area contributed by atoms with Crippen LogP contribution in [0.25, 0.3) is 10.9 Å². The second-order valence-corrected chi connectivity index (χ2v) is 5.28. The summed E-state index contributed by atoms with van der Waals surface area (Å²) in [7, 11) is 0. The number of carbonyl (C=O) groups is 2. The van der Waals surface area contributed by atoms with Crippen molar-refractivity contribution >= 4 is 22.7 Å². The second kappa shape index (κ2) is 7.04. The van der Waals surface area contributed by atoms with E-state index >= 15 is 0 Å². The summed E-state index contributed by atoms with van der Waals surface area (Å²) in [4.78, 5) is 27.0. The number of carbonyl (C=O) groups excluding carboxylic acids is 2. The van der Waals surface area contributed by atoms with Gasteiger partial charge < -0.3 is 9.72 Å². The molecule has 0 atom stereocenters. The Kier molecular flexibility index (Phi) is 4.65. The lowest BCUT2D eigenvalue weighted by atomic mass is 10.2. The molecule has 128 valence electrons. The van der Waals surface area contributed by atoms with E-state index in [1.54, 1.807) is 30.3 Å². The molecule has 0 saturated heterocycles. The summed E-state index contributed by atoms with van der Waals surface area (Å²) in [5.74, 6) is -0.717. The molecular weight excluding hydrogens is 325 g/mol. The van der Waals surface area contributed by atoms with E-state index in [0.717, 1.165) is 0 Å². The van der Waals surface area contributed by atoms with Crippen molar-refractivity contribution in [2.75, 3.05) is 6.61 Å². The number of fused-ring (bicyclic) bond motifs is 1. The Morgan fingerprint density at radius 3 is 2.48 bits per heavy atom. The molecule has 3 aromatic rings. The highest BCUT2D eigenvalue weighted by molar-refractivity contribution is 6.00. The fraction of sp³-hybridized carbons (Fsp3) is 0.111. The summed E-state index contributed by atoms with van der Waals surface area (Å²) in [6, 6.07) is 12.2. The number of halogens is 1. The Bertz CT molecular complexity index is 919. The number of nitrogens with one attached hydrogen (secondary N) is 3. The Labute approximate surface area is 143 Å². The SMILES string of the molecule is CCOc1ccc(C(=O)NNC(=O)c2cc3cc(F)ccc3[nH]2)cc1. The second-order valence-electron chi connectivity index (χ2n) is 5.28. The summed E-state index contributed by atoms with van der Waals surface area (Å²) >= 11 is 0. The van der Waals surface area contributed by atoms with Gasteiger partial charge in [0.25, 0.3) is 11.8 Å². The molecule has 7 heteroatoms. The molecule has 0 aliphatic heterocycles. The summed E-state index contributed by atoms with van der Waals surface area (Å²) in [5, 5.41) is 0.572. The maximum absolute atomic E-state index is 13.2. The predicted octanol–water partition coefficient (Wildman–Crippen LogP) is 2.78. The van der Waals surface area contributed by atoms with Crippen LogP contribution in [0.15, 0.2) is 48.5 Å². The maximum Gasteiger partial charge on any atom is 0.286 e. The molecule has 1 aromatic heterocycles. The van der Waals surface area contributed by atoms with Crippen LogP contribution in [-0.2, 0) is 0 Å². The van der Waals surface area contributed by atoms with Crippen LogP contribution in [0, 0.1) is 5.82 Å². The lowest BCUT2D eigenvalue weighted by Crippen LogP contribution is -2.41. The van der Waals surface area contributed by atoms with Gasteiger partial charge >= 0.3 is 0 Å². The number of hydrazine groups is 1. The fourth-order valence-corrected chi connectivity index (χ4v) is 2.35. The number of amides is 2. The molecule has 0 aliphatic carbocycles. The molecule has 0 fully saturated rings. The Morgan fingerprint density at radius 1 is 1.04 bits per heavy atom. The number of aromatic amines is 1. The van der Waals surface area contributed by atoms with Crippen molar-refractivity contribution in [3.8, 4) is 5.75 Å². The van der Waals surface area contributed by atoms with Crippen LogP contribution < -0.4 is 15.6 Å². The predicted molar refractivity (Wildman–Crippen MR) is 90.8 cm³/mol. The van der Waals surface area contributed by atoms with Gasteiger partial charge in [-0.1, -0.05) is 0 Å². The fourth-order valence-electron chi connectivity index (χ4n) is 2.35. The van der Waals surface area contributed by atoms with Gasteiger partial charge in [-0.25, -0.2) is 4.39 Å². The molecule has 2 amide bonds. The summed E-state index contributed by atoms with van der Waals surface area (Å²) in [6.07, 6.45) is 0. The van der Waals surface area contributed by atoms with Crippen molar-refractivity contribution in [2.45, 2.75) is 6.92 Å².